The van der Waals surface area contributed by atoms with Crippen LogP contribution in [0, 0.1) is 11.8 Å². The van der Waals surface area contributed by atoms with E-state index in [0.717, 1.165) is 25.7 Å². The van der Waals surface area contributed by atoms with Gasteiger partial charge in [0.1, 0.15) is 0 Å². The van der Waals surface area contributed by atoms with Gasteiger partial charge in [-0.25, -0.2) is 8.42 Å². The SMILES string of the molecule is CC1CC(C)CN(S(=O)(=O)c2ccc(C(=O)N3CCCCC3C3OCCO3)cc2)C1. The Balaban J connectivity index is 1.50. The molecule has 3 aliphatic rings. The van der Waals surface area contributed by atoms with E-state index >= 15 is 0 Å². The predicted molar refractivity (Wildman–Crippen MR) is 113 cm³/mol. The lowest BCUT2D eigenvalue weighted by atomic mass is 9.94. The molecule has 3 unspecified atom stereocenters. The van der Waals surface area contributed by atoms with Crippen LogP contribution in [-0.4, -0.2) is 68.7 Å². The first-order valence-corrected chi connectivity index (χ1v) is 12.4. The molecule has 1 amide bonds. The maximum Gasteiger partial charge on any atom is 0.254 e. The van der Waals surface area contributed by atoms with Crippen molar-refractivity contribution < 1.29 is 22.7 Å². The maximum absolute atomic E-state index is 13.2. The van der Waals surface area contributed by atoms with Crippen molar-refractivity contribution in [1.29, 1.82) is 0 Å². The van der Waals surface area contributed by atoms with E-state index < -0.39 is 10.0 Å². The molecule has 0 bridgehead atoms. The number of hydrogen-bond acceptors (Lipinski definition) is 5. The number of rotatable bonds is 4. The molecule has 3 saturated heterocycles. The minimum atomic E-state index is -3.55. The van der Waals surface area contributed by atoms with Crippen LogP contribution in [0.3, 0.4) is 0 Å². The Labute approximate surface area is 179 Å². The third-order valence-electron chi connectivity index (χ3n) is 6.35. The first kappa shape index (κ1) is 21.7. The van der Waals surface area contributed by atoms with Crippen LogP contribution in [0.5, 0.6) is 0 Å². The number of carbonyl (C=O) groups excluding carboxylic acids is 1. The molecule has 0 aliphatic carbocycles. The van der Waals surface area contributed by atoms with Gasteiger partial charge in [0.15, 0.2) is 6.29 Å². The molecule has 0 N–H and O–H groups in total. The van der Waals surface area contributed by atoms with Gasteiger partial charge in [-0.15, -0.1) is 0 Å². The number of ether oxygens (including phenoxy) is 2. The molecular formula is C22H32N2O5S. The number of benzene rings is 1. The Morgan fingerprint density at radius 2 is 1.63 bits per heavy atom. The van der Waals surface area contributed by atoms with Gasteiger partial charge in [0, 0.05) is 25.2 Å². The standard InChI is InChI=1S/C22H32N2O5S/c1-16-13-17(2)15-23(14-16)30(26,27)19-8-6-18(7-9-19)21(25)24-10-4-3-5-20(24)22-28-11-12-29-22/h6-9,16-17,20,22H,3-5,10-15H2,1-2H3. The summed E-state index contributed by atoms with van der Waals surface area (Å²) in [5.74, 6) is 0.601. The van der Waals surface area contributed by atoms with Gasteiger partial charge in [-0.1, -0.05) is 13.8 Å². The van der Waals surface area contributed by atoms with Crippen molar-refractivity contribution in [3.05, 3.63) is 29.8 Å². The molecule has 0 aromatic heterocycles. The second-order valence-corrected chi connectivity index (χ2v) is 10.9. The number of nitrogens with zero attached hydrogens (tertiary/aromatic N) is 2. The highest BCUT2D eigenvalue weighted by atomic mass is 32.2. The van der Waals surface area contributed by atoms with Crippen molar-refractivity contribution in [1.82, 2.24) is 9.21 Å². The fourth-order valence-electron chi connectivity index (χ4n) is 4.98. The molecule has 3 atom stereocenters. The minimum Gasteiger partial charge on any atom is -0.348 e. The number of sulfonamides is 1. The summed E-state index contributed by atoms with van der Waals surface area (Å²) in [6, 6.07) is 6.30. The van der Waals surface area contributed by atoms with Crippen molar-refractivity contribution in [2.24, 2.45) is 11.8 Å². The Morgan fingerprint density at radius 3 is 2.27 bits per heavy atom. The van der Waals surface area contributed by atoms with Crippen molar-refractivity contribution in [2.75, 3.05) is 32.8 Å². The fraction of sp³-hybridized carbons (Fsp3) is 0.682. The molecule has 3 fully saturated rings. The smallest absolute Gasteiger partial charge is 0.254 e. The molecule has 1 aromatic carbocycles. The summed E-state index contributed by atoms with van der Waals surface area (Å²) in [6.45, 7) is 7.05. The van der Waals surface area contributed by atoms with E-state index in [-0.39, 0.29) is 23.1 Å². The van der Waals surface area contributed by atoms with E-state index in [0.29, 0.717) is 50.2 Å². The number of likely N-dealkylation sites (tertiary alicyclic amines) is 1. The van der Waals surface area contributed by atoms with Crippen LogP contribution in [0.1, 0.15) is 49.9 Å². The zero-order valence-corrected chi connectivity index (χ0v) is 18.6. The molecule has 7 nitrogen and oxygen atoms in total. The van der Waals surface area contributed by atoms with Crippen molar-refractivity contribution in [3.63, 3.8) is 0 Å². The van der Waals surface area contributed by atoms with Gasteiger partial charge in [0.05, 0.1) is 24.2 Å². The molecular weight excluding hydrogens is 404 g/mol. The molecule has 166 valence electrons. The van der Waals surface area contributed by atoms with Crippen molar-refractivity contribution >= 4 is 15.9 Å². The summed E-state index contributed by atoms with van der Waals surface area (Å²) in [5.41, 5.74) is 0.499. The Morgan fingerprint density at radius 1 is 1.00 bits per heavy atom. The summed E-state index contributed by atoms with van der Waals surface area (Å²) in [7, 11) is -3.55. The first-order valence-electron chi connectivity index (χ1n) is 11.0. The van der Waals surface area contributed by atoms with Crippen molar-refractivity contribution in [3.8, 4) is 0 Å². The highest BCUT2D eigenvalue weighted by Gasteiger charge is 2.37. The van der Waals surface area contributed by atoms with Crippen LogP contribution in [0.25, 0.3) is 0 Å². The molecule has 3 heterocycles. The summed E-state index contributed by atoms with van der Waals surface area (Å²) >= 11 is 0. The second kappa shape index (κ2) is 8.94. The summed E-state index contributed by atoms with van der Waals surface area (Å²) in [5, 5.41) is 0. The number of hydrogen-bond donors (Lipinski definition) is 0. The molecule has 0 spiro atoms. The Hall–Kier alpha value is -1.48. The highest BCUT2D eigenvalue weighted by Crippen LogP contribution is 2.28. The molecule has 0 radical (unpaired) electrons. The van der Waals surface area contributed by atoms with Gasteiger partial charge in [-0.3, -0.25) is 4.79 Å². The largest absolute Gasteiger partial charge is 0.348 e. The Bertz CT molecular complexity index is 841. The first-order chi connectivity index (χ1) is 14.4. The fourth-order valence-corrected chi connectivity index (χ4v) is 6.66. The predicted octanol–water partition coefficient (Wildman–Crippen LogP) is 2.72. The van der Waals surface area contributed by atoms with E-state index in [1.165, 1.54) is 0 Å². The van der Waals surface area contributed by atoms with E-state index in [2.05, 4.69) is 13.8 Å². The lowest BCUT2D eigenvalue weighted by Gasteiger charge is -2.38. The van der Waals surface area contributed by atoms with Gasteiger partial charge in [0.2, 0.25) is 10.0 Å². The molecule has 1 aromatic rings. The summed E-state index contributed by atoms with van der Waals surface area (Å²) in [6.07, 6.45) is 3.53. The zero-order chi connectivity index (χ0) is 21.3. The van der Waals surface area contributed by atoms with Crippen LogP contribution < -0.4 is 0 Å². The molecule has 30 heavy (non-hydrogen) atoms. The summed E-state index contributed by atoms with van der Waals surface area (Å²) < 4.78 is 39.1. The summed E-state index contributed by atoms with van der Waals surface area (Å²) in [4.78, 5) is 15.2. The van der Waals surface area contributed by atoms with E-state index in [4.69, 9.17) is 9.47 Å². The van der Waals surface area contributed by atoms with E-state index in [1.807, 2.05) is 4.90 Å². The third-order valence-corrected chi connectivity index (χ3v) is 8.19. The number of piperidine rings is 2. The van der Waals surface area contributed by atoms with E-state index in [9.17, 15) is 13.2 Å². The topological polar surface area (TPSA) is 76.2 Å². The van der Waals surface area contributed by atoms with Crippen LogP contribution >= 0.6 is 0 Å². The molecule has 8 heteroatoms. The van der Waals surface area contributed by atoms with Crippen LogP contribution in [0.2, 0.25) is 0 Å². The van der Waals surface area contributed by atoms with Crippen LogP contribution in [0.15, 0.2) is 29.2 Å². The van der Waals surface area contributed by atoms with Gasteiger partial charge in [0.25, 0.3) is 5.91 Å². The zero-order valence-electron chi connectivity index (χ0n) is 17.8. The quantitative estimate of drug-likeness (QED) is 0.725. The lowest BCUT2D eigenvalue weighted by molar-refractivity contribution is -0.100. The lowest BCUT2D eigenvalue weighted by Crippen LogP contribution is -2.50. The van der Waals surface area contributed by atoms with Gasteiger partial charge in [-0.2, -0.15) is 4.31 Å². The normalized spacial score (nSPS) is 29.3. The Kier molecular flexibility index (Phi) is 6.48. The average molecular weight is 437 g/mol. The highest BCUT2D eigenvalue weighted by molar-refractivity contribution is 7.89. The number of carbonyl (C=O) groups is 1. The average Bonchev–Trinajstić information content (AvgIpc) is 3.27. The number of amides is 1. The van der Waals surface area contributed by atoms with Crippen LogP contribution in [-0.2, 0) is 19.5 Å². The van der Waals surface area contributed by atoms with E-state index in [1.54, 1.807) is 28.6 Å². The van der Waals surface area contributed by atoms with Gasteiger partial charge < -0.3 is 14.4 Å². The van der Waals surface area contributed by atoms with Gasteiger partial charge >= 0.3 is 0 Å². The van der Waals surface area contributed by atoms with Crippen LogP contribution in [0.4, 0.5) is 0 Å². The molecule has 0 saturated carbocycles. The molecule has 3 aliphatic heterocycles. The third kappa shape index (κ3) is 4.42. The second-order valence-electron chi connectivity index (χ2n) is 8.96. The molecule has 4 rings (SSSR count). The maximum atomic E-state index is 13.2. The van der Waals surface area contributed by atoms with Gasteiger partial charge in [-0.05, 0) is 61.8 Å². The minimum absolute atomic E-state index is 0.0894. The monoisotopic (exact) mass is 436 g/mol. The van der Waals surface area contributed by atoms with Crippen molar-refractivity contribution in [2.45, 2.75) is 56.8 Å².